The molecule has 0 saturated carbocycles. The van der Waals surface area contributed by atoms with Crippen LogP contribution in [0, 0.1) is 6.92 Å². The number of nitrogens with one attached hydrogen (secondary N) is 1. The minimum absolute atomic E-state index is 0.175. The first-order chi connectivity index (χ1) is 15.0. The summed E-state index contributed by atoms with van der Waals surface area (Å²) in [6.45, 7) is 4.18. The van der Waals surface area contributed by atoms with Crippen LogP contribution in [0.4, 0.5) is 5.69 Å². The maximum atomic E-state index is 12.7. The number of benzene rings is 2. The van der Waals surface area contributed by atoms with Crippen molar-refractivity contribution < 1.29 is 14.3 Å². The largest absolute Gasteiger partial charge is 0.494 e. The van der Waals surface area contributed by atoms with E-state index in [9.17, 15) is 9.59 Å². The normalized spacial score (nSPS) is 10.8. The highest BCUT2D eigenvalue weighted by molar-refractivity contribution is 5.90. The monoisotopic (exact) mass is 419 g/mol. The zero-order valence-corrected chi connectivity index (χ0v) is 17.1. The first-order valence-electron chi connectivity index (χ1n) is 9.75. The lowest BCUT2D eigenvalue weighted by Crippen LogP contribution is -2.28. The number of fused-ring (bicyclic) bond motifs is 1. The number of amides is 1. The number of ether oxygens (including phenoxy) is 2. The lowest BCUT2D eigenvalue weighted by molar-refractivity contribution is -0.117. The summed E-state index contributed by atoms with van der Waals surface area (Å²) in [4.78, 5) is 29.3. The molecule has 2 aromatic heterocycles. The average Bonchev–Trinajstić information content (AvgIpc) is 3.08. The van der Waals surface area contributed by atoms with Crippen molar-refractivity contribution in [3.05, 3.63) is 77.0 Å². The second-order valence-corrected chi connectivity index (χ2v) is 6.79. The number of hydrogen-bond acceptors (Lipinski definition) is 6. The molecule has 0 bridgehead atoms. The smallest absolute Gasteiger partial charge is 0.351 e. The van der Waals surface area contributed by atoms with Crippen molar-refractivity contribution in [2.75, 3.05) is 11.9 Å². The molecule has 4 aromatic rings. The SMILES string of the molecule is CCOc1ccc(NC(=O)Cn2nc3c(Oc4ccc(C)cc4)nccn3c2=O)cc1. The molecule has 0 fully saturated rings. The van der Waals surface area contributed by atoms with Crippen LogP contribution in [0.1, 0.15) is 12.5 Å². The van der Waals surface area contributed by atoms with E-state index in [1.54, 1.807) is 36.4 Å². The lowest BCUT2D eigenvalue weighted by atomic mass is 10.2. The average molecular weight is 419 g/mol. The summed E-state index contributed by atoms with van der Waals surface area (Å²) in [7, 11) is 0. The van der Waals surface area contributed by atoms with Crippen LogP contribution in [0.25, 0.3) is 5.65 Å². The molecule has 0 atom stereocenters. The van der Waals surface area contributed by atoms with Crippen molar-refractivity contribution in [1.29, 1.82) is 0 Å². The van der Waals surface area contributed by atoms with Crippen molar-refractivity contribution in [1.82, 2.24) is 19.2 Å². The zero-order valence-electron chi connectivity index (χ0n) is 17.1. The minimum atomic E-state index is -0.465. The molecule has 0 spiro atoms. The Bertz CT molecular complexity index is 1260. The molecule has 1 N–H and O–H groups in total. The number of anilines is 1. The Balaban J connectivity index is 1.52. The fourth-order valence-electron chi connectivity index (χ4n) is 2.96. The van der Waals surface area contributed by atoms with E-state index in [4.69, 9.17) is 9.47 Å². The van der Waals surface area contributed by atoms with Gasteiger partial charge in [-0.3, -0.25) is 4.79 Å². The van der Waals surface area contributed by atoms with Crippen molar-refractivity contribution >= 4 is 17.2 Å². The Morgan fingerprint density at radius 3 is 2.48 bits per heavy atom. The number of carbonyl (C=O) groups excluding carboxylic acids is 1. The fraction of sp³-hybridized carbons (Fsp3) is 0.182. The van der Waals surface area contributed by atoms with Crippen LogP contribution in [0.2, 0.25) is 0 Å². The Hall–Kier alpha value is -4.14. The number of carbonyl (C=O) groups is 1. The van der Waals surface area contributed by atoms with Gasteiger partial charge in [0.15, 0.2) is 0 Å². The van der Waals surface area contributed by atoms with Gasteiger partial charge in [-0.25, -0.2) is 18.9 Å². The number of hydrogen-bond donors (Lipinski definition) is 1. The summed E-state index contributed by atoms with van der Waals surface area (Å²) in [5, 5.41) is 6.99. The molecule has 0 aliphatic carbocycles. The van der Waals surface area contributed by atoms with Gasteiger partial charge in [-0.15, -0.1) is 5.10 Å². The molecule has 0 radical (unpaired) electrons. The van der Waals surface area contributed by atoms with E-state index in [0.717, 1.165) is 10.2 Å². The summed E-state index contributed by atoms with van der Waals surface area (Å²) in [5.41, 5.74) is 1.45. The second-order valence-electron chi connectivity index (χ2n) is 6.79. The Morgan fingerprint density at radius 2 is 1.77 bits per heavy atom. The molecular formula is C22H21N5O4. The molecule has 31 heavy (non-hydrogen) atoms. The van der Waals surface area contributed by atoms with Crippen molar-refractivity contribution in [2.45, 2.75) is 20.4 Å². The van der Waals surface area contributed by atoms with Gasteiger partial charge < -0.3 is 14.8 Å². The molecule has 2 heterocycles. The van der Waals surface area contributed by atoms with E-state index < -0.39 is 5.69 Å². The highest BCUT2D eigenvalue weighted by Crippen LogP contribution is 2.22. The van der Waals surface area contributed by atoms with Crippen LogP contribution in [0.3, 0.4) is 0 Å². The van der Waals surface area contributed by atoms with Crippen molar-refractivity contribution in [2.24, 2.45) is 0 Å². The van der Waals surface area contributed by atoms with Crippen LogP contribution < -0.4 is 20.5 Å². The predicted molar refractivity (Wildman–Crippen MR) is 115 cm³/mol. The molecule has 0 saturated heterocycles. The van der Waals surface area contributed by atoms with Gasteiger partial charge in [0.25, 0.3) is 5.88 Å². The highest BCUT2D eigenvalue weighted by atomic mass is 16.5. The molecule has 1 amide bonds. The third-order valence-electron chi connectivity index (χ3n) is 4.45. The summed E-state index contributed by atoms with van der Waals surface area (Å²) in [6, 6.07) is 14.4. The van der Waals surface area contributed by atoms with Gasteiger partial charge in [0.05, 0.1) is 6.61 Å². The number of aromatic nitrogens is 4. The topological polar surface area (TPSA) is 99.8 Å². The first kappa shape index (κ1) is 20.1. The maximum Gasteiger partial charge on any atom is 0.351 e. The predicted octanol–water partition coefficient (Wildman–Crippen LogP) is 3.03. The Kier molecular flexibility index (Phi) is 5.65. The molecule has 0 aliphatic heterocycles. The van der Waals surface area contributed by atoms with Crippen LogP contribution in [0.15, 0.2) is 65.7 Å². The summed E-state index contributed by atoms with van der Waals surface area (Å²) in [5.74, 6) is 1.07. The number of aryl methyl sites for hydroxylation is 1. The van der Waals surface area contributed by atoms with Crippen LogP contribution in [-0.2, 0) is 11.3 Å². The third-order valence-corrected chi connectivity index (χ3v) is 4.45. The summed E-state index contributed by atoms with van der Waals surface area (Å²) >= 11 is 0. The highest BCUT2D eigenvalue weighted by Gasteiger charge is 2.16. The van der Waals surface area contributed by atoms with Crippen LogP contribution in [-0.4, -0.2) is 31.7 Å². The van der Waals surface area contributed by atoms with Gasteiger partial charge in [-0.1, -0.05) is 17.7 Å². The molecular weight excluding hydrogens is 398 g/mol. The Labute approximate surface area is 177 Å². The van der Waals surface area contributed by atoms with Gasteiger partial charge in [0.2, 0.25) is 11.6 Å². The standard InChI is InChI=1S/C22H21N5O4/c1-3-30-17-10-6-16(7-11-17)24-19(28)14-27-22(29)26-13-12-23-21(20(26)25-27)31-18-8-4-15(2)5-9-18/h4-13H,3,14H2,1-2H3,(H,24,28). The van der Waals surface area contributed by atoms with E-state index in [1.807, 2.05) is 26.0 Å². The van der Waals surface area contributed by atoms with Gasteiger partial charge in [0, 0.05) is 18.1 Å². The molecule has 9 nitrogen and oxygen atoms in total. The second kappa shape index (κ2) is 8.70. The summed E-state index contributed by atoms with van der Waals surface area (Å²) in [6.07, 6.45) is 2.93. The van der Waals surface area contributed by atoms with Crippen LogP contribution >= 0.6 is 0 Å². The molecule has 158 valence electrons. The van der Waals surface area contributed by atoms with Gasteiger partial charge >= 0.3 is 5.69 Å². The number of nitrogens with zero attached hydrogens (tertiary/aromatic N) is 4. The lowest BCUT2D eigenvalue weighted by Gasteiger charge is -2.06. The molecule has 9 heteroatoms. The van der Waals surface area contributed by atoms with Gasteiger partial charge in [0.1, 0.15) is 18.0 Å². The van der Waals surface area contributed by atoms with Gasteiger partial charge in [-0.2, -0.15) is 0 Å². The van der Waals surface area contributed by atoms with Crippen molar-refractivity contribution in [3.63, 3.8) is 0 Å². The van der Waals surface area contributed by atoms with E-state index in [0.29, 0.717) is 23.8 Å². The quantitative estimate of drug-likeness (QED) is 0.494. The van der Waals surface area contributed by atoms with E-state index >= 15 is 0 Å². The molecule has 4 rings (SSSR count). The minimum Gasteiger partial charge on any atom is -0.494 e. The first-order valence-corrected chi connectivity index (χ1v) is 9.75. The number of rotatable bonds is 7. The van der Waals surface area contributed by atoms with E-state index in [1.165, 1.54) is 16.8 Å². The third kappa shape index (κ3) is 4.55. The van der Waals surface area contributed by atoms with E-state index in [2.05, 4.69) is 15.4 Å². The summed E-state index contributed by atoms with van der Waals surface area (Å²) < 4.78 is 13.5. The molecule has 0 aliphatic rings. The Morgan fingerprint density at radius 1 is 1.06 bits per heavy atom. The maximum absolute atomic E-state index is 12.7. The fourth-order valence-corrected chi connectivity index (χ4v) is 2.96. The van der Waals surface area contributed by atoms with Crippen molar-refractivity contribution in [3.8, 4) is 17.4 Å². The van der Waals surface area contributed by atoms with Crippen LogP contribution in [0.5, 0.6) is 17.4 Å². The molecule has 0 unspecified atom stereocenters. The molecule has 2 aromatic carbocycles. The zero-order chi connectivity index (χ0) is 21.8. The van der Waals surface area contributed by atoms with E-state index in [-0.39, 0.29) is 24.0 Å². The van der Waals surface area contributed by atoms with Gasteiger partial charge in [-0.05, 0) is 50.2 Å².